The van der Waals surface area contributed by atoms with Crippen LogP contribution in [0.25, 0.3) is 17.1 Å². The quantitative estimate of drug-likeness (QED) is 0.734. The average molecular weight is 295 g/mol. The first-order chi connectivity index (χ1) is 10.2. The lowest BCUT2D eigenvalue weighted by Crippen LogP contribution is -1.99. The molecule has 0 aliphatic rings. The molecule has 1 heterocycles. The summed E-state index contributed by atoms with van der Waals surface area (Å²) in [5.41, 5.74) is 8.44. The second-order valence-electron chi connectivity index (χ2n) is 4.49. The van der Waals surface area contributed by atoms with Gasteiger partial charge in [-0.25, -0.2) is 4.98 Å². The van der Waals surface area contributed by atoms with Crippen LogP contribution in [-0.2, 0) is 0 Å². The zero-order chi connectivity index (χ0) is 14.8. The lowest BCUT2D eigenvalue weighted by molar-refractivity contribution is 1.06. The van der Waals surface area contributed by atoms with Crippen LogP contribution in [0, 0.1) is 11.3 Å². The molecule has 0 atom stereocenters. The van der Waals surface area contributed by atoms with E-state index in [-0.39, 0.29) is 0 Å². The first-order valence-corrected chi connectivity index (χ1v) is 6.67. The summed E-state index contributed by atoms with van der Waals surface area (Å²) >= 11 is 6.09. The third-order valence-electron chi connectivity index (χ3n) is 3.17. The zero-order valence-corrected chi connectivity index (χ0v) is 11.7. The van der Waals surface area contributed by atoms with Crippen molar-refractivity contribution in [2.45, 2.75) is 0 Å². The molecule has 21 heavy (non-hydrogen) atoms. The topological polar surface area (TPSA) is 67.6 Å². The maximum absolute atomic E-state index is 9.31. The van der Waals surface area contributed by atoms with E-state index in [1.54, 1.807) is 18.5 Å². The van der Waals surface area contributed by atoms with Crippen LogP contribution in [0.15, 0.2) is 54.9 Å². The third kappa shape index (κ3) is 2.35. The Balaban J connectivity index is 2.19. The predicted octanol–water partition coefficient (Wildman–Crippen LogP) is 3.65. The molecule has 0 spiro atoms. The fraction of sp³-hybridized carbons (Fsp3) is 0. The molecule has 2 N–H and O–H groups in total. The van der Waals surface area contributed by atoms with Crippen LogP contribution in [0.4, 0.5) is 5.69 Å². The van der Waals surface area contributed by atoms with Crippen molar-refractivity contribution in [3.8, 4) is 23.1 Å². The maximum atomic E-state index is 9.31. The summed E-state index contributed by atoms with van der Waals surface area (Å²) in [5, 5.41) is 9.73. The number of imidazole rings is 1. The minimum absolute atomic E-state index is 0.423. The molecule has 0 aliphatic carbocycles. The van der Waals surface area contributed by atoms with E-state index in [2.05, 4.69) is 11.1 Å². The fourth-order valence-electron chi connectivity index (χ4n) is 2.17. The van der Waals surface area contributed by atoms with Gasteiger partial charge >= 0.3 is 0 Å². The number of nitrogen functional groups attached to an aromatic ring is 1. The molecule has 0 amide bonds. The second kappa shape index (κ2) is 5.31. The molecule has 2 aromatic carbocycles. The van der Waals surface area contributed by atoms with Crippen LogP contribution in [-0.4, -0.2) is 9.55 Å². The molecule has 1 aromatic heterocycles. The van der Waals surface area contributed by atoms with Gasteiger partial charge in [-0.2, -0.15) is 5.26 Å². The second-order valence-corrected chi connectivity index (χ2v) is 4.90. The Kier molecular flexibility index (Phi) is 3.35. The molecular formula is C16H11ClN4. The van der Waals surface area contributed by atoms with E-state index in [9.17, 15) is 5.26 Å². The number of hydrogen-bond acceptors (Lipinski definition) is 3. The Bertz CT molecular complexity index is 828. The van der Waals surface area contributed by atoms with Crippen molar-refractivity contribution < 1.29 is 0 Å². The smallest absolute Gasteiger partial charge is 0.144 e. The molecule has 0 saturated carbocycles. The van der Waals surface area contributed by atoms with Crippen molar-refractivity contribution in [3.05, 3.63) is 65.4 Å². The first-order valence-electron chi connectivity index (χ1n) is 6.29. The molecule has 0 bridgehead atoms. The predicted molar refractivity (Wildman–Crippen MR) is 83.1 cm³/mol. The van der Waals surface area contributed by atoms with Crippen molar-refractivity contribution >= 4 is 17.3 Å². The van der Waals surface area contributed by atoms with Gasteiger partial charge in [0.15, 0.2) is 0 Å². The monoisotopic (exact) mass is 294 g/mol. The van der Waals surface area contributed by atoms with Crippen molar-refractivity contribution in [2.75, 3.05) is 5.73 Å². The van der Waals surface area contributed by atoms with Gasteiger partial charge in [-0.1, -0.05) is 17.7 Å². The van der Waals surface area contributed by atoms with Gasteiger partial charge in [-0.15, -0.1) is 0 Å². The summed E-state index contributed by atoms with van der Waals surface area (Å²) < 4.78 is 1.84. The highest BCUT2D eigenvalue weighted by Crippen LogP contribution is 2.27. The molecule has 102 valence electrons. The summed E-state index contributed by atoms with van der Waals surface area (Å²) in [5.74, 6) is 0.730. The van der Waals surface area contributed by atoms with E-state index < -0.39 is 0 Å². The maximum Gasteiger partial charge on any atom is 0.144 e. The molecule has 5 heteroatoms. The van der Waals surface area contributed by atoms with Crippen LogP contribution in [0.3, 0.4) is 0 Å². The lowest BCUT2D eigenvalue weighted by atomic mass is 10.1. The number of nitriles is 1. The Morgan fingerprint density at radius 3 is 2.62 bits per heavy atom. The minimum atomic E-state index is 0.423. The van der Waals surface area contributed by atoms with Gasteiger partial charge < -0.3 is 5.73 Å². The number of nitrogens with two attached hydrogens (primary N) is 1. The highest BCUT2D eigenvalue weighted by Gasteiger charge is 2.13. The Labute approximate surface area is 127 Å². The molecule has 0 radical (unpaired) electrons. The van der Waals surface area contributed by atoms with Gasteiger partial charge in [0, 0.05) is 23.6 Å². The van der Waals surface area contributed by atoms with E-state index in [4.69, 9.17) is 17.3 Å². The van der Waals surface area contributed by atoms with Crippen molar-refractivity contribution in [2.24, 2.45) is 0 Å². The SMILES string of the molecule is N#Cc1c(Cl)cccc1-n1ccnc1-c1ccc(N)cc1. The summed E-state index contributed by atoms with van der Waals surface area (Å²) in [6.07, 6.45) is 3.49. The molecule has 0 aliphatic heterocycles. The van der Waals surface area contributed by atoms with Crippen LogP contribution < -0.4 is 5.73 Å². The Hall–Kier alpha value is -2.77. The van der Waals surface area contributed by atoms with Gasteiger partial charge in [0.25, 0.3) is 0 Å². The molecule has 3 rings (SSSR count). The summed E-state index contributed by atoms with van der Waals surface area (Å²) in [4.78, 5) is 4.37. The molecule has 0 unspecified atom stereocenters. The minimum Gasteiger partial charge on any atom is -0.399 e. The lowest BCUT2D eigenvalue weighted by Gasteiger charge is -2.10. The number of nitrogens with zero attached hydrogens (tertiary/aromatic N) is 3. The van der Waals surface area contributed by atoms with Crippen LogP contribution >= 0.6 is 11.6 Å². The number of halogens is 1. The van der Waals surface area contributed by atoms with E-state index in [1.807, 2.05) is 41.0 Å². The van der Waals surface area contributed by atoms with E-state index >= 15 is 0 Å². The molecule has 3 aromatic rings. The van der Waals surface area contributed by atoms with Gasteiger partial charge in [0.1, 0.15) is 11.9 Å². The fourth-order valence-corrected chi connectivity index (χ4v) is 2.38. The Morgan fingerprint density at radius 2 is 1.90 bits per heavy atom. The molecule has 4 nitrogen and oxygen atoms in total. The van der Waals surface area contributed by atoms with Crippen molar-refractivity contribution in [1.29, 1.82) is 5.26 Å². The number of anilines is 1. The summed E-state index contributed by atoms with van der Waals surface area (Å²) in [6, 6.07) is 14.9. The summed E-state index contributed by atoms with van der Waals surface area (Å²) in [7, 11) is 0. The van der Waals surface area contributed by atoms with Gasteiger partial charge in [0.05, 0.1) is 16.3 Å². The van der Waals surface area contributed by atoms with E-state index in [0.29, 0.717) is 22.0 Å². The van der Waals surface area contributed by atoms with Gasteiger partial charge in [-0.3, -0.25) is 4.57 Å². The van der Waals surface area contributed by atoms with Crippen molar-refractivity contribution in [1.82, 2.24) is 9.55 Å². The molecule has 0 saturated heterocycles. The zero-order valence-electron chi connectivity index (χ0n) is 11.0. The standard InChI is InChI=1S/C16H11ClN4/c17-14-2-1-3-15(13(14)10-18)21-9-8-20-16(21)11-4-6-12(19)7-5-11/h1-9H,19H2. The van der Waals surface area contributed by atoms with E-state index in [1.165, 1.54) is 0 Å². The highest BCUT2D eigenvalue weighted by molar-refractivity contribution is 6.32. The molecular weight excluding hydrogens is 284 g/mol. The van der Waals surface area contributed by atoms with Crippen LogP contribution in [0.5, 0.6) is 0 Å². The normalized spacial score (nSPS) is 10.3. The van der Waals surface area contributed by atoms with Crippen molar-refractivity contribution in [3.63, 3.8) is 0 Å². The average Bonchev–Trinajstić information content (AvgIpc) is 2.97. The summed E-state index contributed by atoms with van der Waals surface area (Å²) in [6.45, 7) is 0. The largest absolute Gasteiger partial charge is 0.399 e. The Morgan fingerprint density at radius 1 is 1.14 bits per heavy atom. The van der Waals surface area contributed by atoms with Crippen LogP contribution in [0.1, 0.15) is 5.56 Å². The highest BCUT2D eigenvalue weighted by atomic mass is 35.5. The van der Waals surface area contributed by atoms with E-state index in [0.717, 1.165) is 11.4 Å². The number of aromatic nitrogens is 2. The van der Waals surface area contributed by atoms with Gasteiger partial charge in [0.2, 0.25) is 0 Å². The number of hydrogen-bond donors (Lipinski definition) is 1. The number of benzene rings is 2. The molecule has 0 fully saturated rings. The third-order valence-corrected chi connectivity index (χ3v) is 3.49. The number of rotatable bonds is 2. The first kappa shape index (κ1) is 13.2. The van der Waals surface area contributed by atoms with Gasteiger partial charge in [-0.05, 0) is 36.4 Å². The van der Waals surface area contributed by atoms with Crippen LogP contribution in [0.2, 0.25) is 5.02 Å².